The fourth-order valence-corrected chi connectivity index (χ4v) is 3.13. The molecule has 0 bridgehead atoms. The van der Waals surface area contributed by atoms with Crippen LogP contribution in [0.3, 0.4) is 0 Å². The second-order valence-electron chi connectivity index (χ2n) is 5.67. The number of ether oxygens (including phenoxy) is 1. The van der Waals surface area contributed by atoms with Gasteiger partial charge in [-0.1, -0.05) is 12.1 Å². The summed E-state index contributed by atoms with van der Waals surface area (Å²) >= 11 is 0. The van der Waals surface area contributed by atoms with Gasteiger partial charge in [-0.25, -0.2) is 13.2 Å². The first-order chi connectivity index (χ1) is 10.8. The van der Waals surface area contributed by atoms with Crippen molar-refractivity contribution in [1.82, 2.24) is 4.90 Å². The molecule has 0 aromatic heterocycles. The van der Waals surface area contributed by atoms with E-state index >= 15 is 0 Å². The summed E-state index contributed by atoms with van der Waals surface area (Å²) in [6.45, 7) is 2.46. The van der Waals surface area contributed by atoms with E-state index in [1.807, 2.05) is 6.92 Å². The molecule has 0 aliphatic carbocycles. The van der Waals surface area contributed by atoms with Gasteiger partial charge in [0.25, 0.3) is 0 Å². The van der Waals surface area contributed by atoms with Gasteiger partial charge in [0.2, 0.25) is 10.0 Å². The van der Waals surface area contributed by atoms with E-state index in [1.165, 1.54) is 0 Å². The highest BCUT2D eigenvalue weighted by molar-refractivity contribution is 7.92. The van der Waals surface area contributed by atoms with E-state index < -0.39 is 10.0 Å². The Morgan fingerprint density at radius 3 is 2.57 bits per heavy atom. The highest BCUT2D eigenvalue weighted by Gasteiger charge is 2.30. The lowest BCUT2D eigenvalue weighted by Gasteiger charge is -2.35. The Bertz CT molecular complexity index is 644. The molecule has 23 heavy (non-hydrogen) atoms. The molecule has 1 unspecified atom stereocenters. The number of carbonyl (C=O) groups is 1. The van der Waals surface area contributed by atoms with E-state index in [0.717, 1.165) is 11.8 Å². The van der Waals surface area contributed by atoms with Crippen molar-refractivity contribution in [2.24, 2.45) is 0 Å². The monoisotopic (exact) mass is 342 g/mol. The molecular formula is C15H22N2O5S. The fraction of sp³-hybridized carbons (Fsp3) is 0.533. The van der Waals surface area contributed by atoms with Crippen molar-refractivity contribution in [1.29, 1.82) is 0 Å². The van der Waals surface area contributed by atoms with E-state index in [4.69, 9.17) is 9.84 Å². The van der Waals surface area contributed by atoms with Crippen molar-refractivity contribution in [3.05, 3.63) is 29.8 Å². The largest absolute Gasteiger partial charge is 0.446 e. The van der Waals surface area contributed by atoms with Gasteiger partial charge in [0, 0.05) is 31.7 Å². The van der Waals surface area contributed by atoms with E-state index in [-0.39, 0.29) is 24.8 Å². The van der Waals surface area contributed by atoms with E-state index in [0.29, 0.717) is 25.1 Å². The number of cyclic esters (lactones) is 1. The molecule has 1 fully saturated rings. The molecule has 2 N–H and O–H groups in total. The Balaban J connectivity index is 2.03. The highest BCUT2D eigenvalue weighted by atomic mass is 32.2. The Morgan fingerprint density at radius 2 is 2.04 bits per heavy atom. The number of hydrogen-bond acceptors (Lipinski definition) is 5. The number of sulfonamides is 1. The number of aliphatic hydroxyl groups excluding tert-OH is 1. The standard InChI is InChI=1S/C15H22N2O5S/c1-11(17-9-7-14(8-10-18)22-15(17)19)12-3-5-13(6-4-12)16-23(2,20)21/h3-6,11,14,16,18H,7-10H2,1-2H3/t11-,14?/m0/s1. The molecule has 8 heteroatoms. The van der Waals surface area contributed by atoms with Crippen LogP contribution in [0, 0.1) is 0 Å². The van der Waals surface area contributed by atoms with Crippen molar-refractivity contribution in [2.75, 3.05) is 24.1 Å². The summed E-state index contributed by atoms with van der Waals surface area (Å²) in [6.07, 6.45) is 1.62. The number of nitrogens with zero attached hydrogens (tertiary/aromatic N) is 1. The smallest absolute Gasteiger partial charge is 0.410 e. The summed E-state index contributed by atoms with van der Waals surface area (Å²) in [7, 11) is -3.31. The van der Waals surface area contributed by atoms with E-state index in [1.54, 1.807) is 29.2 Å². The van der Waals surface area contributed by atoms with Gasteiger partial charge in [0.15, 0.2) is 0 Å². The van der Waals surface area contributed by atoms with Crippen molar-refractivity contribution in [3.8, 4) is 0 Å². The molecule has 1 amide bonds. The van der Waals surface area contributed by atoms with Crippen LogP contribution in [0.4, 0.5) is 10.5 Å². The van der Waals surface area contributed by atoms with Crippen molar-refractivity contribution in [3.63, 3.8) is 0 Å². The van der Waals surface area contributed by atoms with Crippen LogP contribution in [0.1, 0.15) is 31.4 Å². The SMILES string of the molecule is C[C@@H](c1ccc(NS(C)(=O)=O)cc1)N1CCC(CCO)OC1=O. The number of benzene rings is 1. The molecule has 1 aromatic rings. The van der Waals surface area contributed by atoms with Crippen LogP contribution in [-0.4, -0.2) is 50.0 Å². The predicted octanol–water partition coefficient (Wildman–Crippen LogP) is 1.71. The molecule has 0 radical (unpaired) electrons. The number of anilines is 1. The zero-order valence-corrected chi connectivity index (χ0v) is 14.0. The van der Waals surface area contributed by atoms with Crippen LogP contribution in [0.5, 0.6) is 0 Å². The number of rotatable bonds is 6. The maximum atomic E-state index is 12.1. The molecule has 2 atom stereocenters. The first-order valence-electron chi connectivity index (χ1n) is 7.46. The van der Waals surface area contributed by atoms with Crippen molar-refractivity contribution >= 4 is 21.8 Å². The molecule has 1 heterocycles. The van der Waals surface area contributed by atoms with Crippen molar-refractivity contribution < 1.29 is 23.1 Å². The van der Waals surface area contributed by atoms with Crippen LogP contribution in [0.15, 0.2) is 24.3 Å². The van der Waals surface area contributed by atoms with Gasteiger partial charge in [-0.3, -0.25) is 4.72 Å². The zero-order valence-electron chi connectivity index (χ0n) is 13.2. The van der Waals surface area contributed by atoms with E-state index in [2.05, 4.69) is 4.72 Å². The second-order valence-corrected chi connectivity index (χ2v) is 7.42. The molecule has 1 saturated heterocycles. The van der Waals surface area contributed by atoms with Gasteiger partial charge in [-0.2, -0.15) is 0 Å². The number of carbonyl (C=O) groups excluding carboxylic acids is 1. The highest BCUT2D eigenvalue weighted by Crippen LogP contribution is 2.27. The zero-order chi connectivity index (χ0) is 17.0. The minimum atomic E-state index is -3.31. The molecule has 2 rings (SSSR count). The number of amides is 1. The Labute approximate surface area is 136 Å². The molecule has 0 spiro atoms. The average Bonchev–Trinajstić information content (AvgIpc) is 2.46. The van der Waals surface area contributed by atoms with Gasteiger partial charge in [-0.15, -0.1) is 0 Å². The quantitative estimate of drug-likeness (QED) is 0.820. The van der Waals surface area contributed by atoms with Gasteiger partial charge >= 0.3 is 6.09 Å². The summed E-state index contributed by atoms with van der Waals surface area (Å²) in [5.41, 5.74) is 1.37. The molecule has 0 saturated carbocycles. The topological polar surface area (TPSA) is 95.9 Å². The van der Waals surface area contributed by atoms with Crippen LogP contribution < -0.4 is 4.72 Å². The van der Waals surface area contributed by atoms with Crippen LogP contribution in [0.2, 0.25) is 0 Å². The third-order valence-corrected chi connectivity index (χ3v) is 4.42. The lowest BCUT2D eigenvalue weighted by Crippen LogP contribution is -2.43. The Morgan fingerprint density at radius 1 is 1.39 bits per heavy atom. The lowest BCUT2D eigenvalue weighted by molar-refractivity contribution is 0.00401. The molecule has 7 nitrogen and oxygen atoms in total. The summed E-state index contributed by atoms with van der Waals surface area (Å²) < 4.78 is 30.1. The van der Waals surface area contributed by atoms with Gasteiger partial charge in [-0.05, 0) is 24.6 Å². The minimum Gasteiger partial charge on any atom is -0.446 e. The minimum absolute atomic E-state index is 0.00228. The average molecular weight is 342 g/mol. The Hall–Kier alpha value is -1.80. The number of aliphatic hydroxyl groups is 1. The fourth-order valence-electron chi connectivity index (χ4n) is 2.57. The van der Waals surface area contributed by atoms with Crippen LogP contribution >= 0.6 is 0 Å². The van der Waals surface area contributed by atoms with Crippen LogP contribution in [0.25, 0.3) is 0 Å². The first kappa shape index (κ1) is 17.6. The third kappa shape index (κ3) is 4.84. The molecule has 1 aromatic carbocycles. The lowest BCUT2D eigenvalue weighted by atomic mass is 10.0. The number of nitrogens with one attached hydrogen (secondary N) is 1. The maximum Gasteiger partial charge on any atom is 0.410 e. The normalized spacial score (nSPS) is 20.0. The maximum absolute atomic E-state index is 12.1. The van der Waals surface area contributed by atoms with Gasteiger partial charge in [0.05, 0.1) is 12.3 Å². The summed E-state index contributed by atoms with van der Waals surface area (Å²) in [6, 6.07) is 6.72. The molecule has 1 aliphatic heterocycles. The third-order valence-electron chi connectivity index (χ3n) is 3.81. The Kier molecular flexibility index (Phi) is 5.48. The molecule has 1 aliphatic rings. The summed E-state index contributed by atoms with van der Waals surface area (Å²) in [5.74, 6) is 0. The van der Waals surface area contributed by atoms with Gasteiger partial charge in [0.1, 0.15) is 6.10 Å². The van der Waals surface area contributed by atoms with E-state index in [9.17, 15) is 13.2 Å². The predicted molar refractivity (Wildman–Crippen MR) is 86.6 cm³/mol. The van der Waals surface area contributed by atoms with Crippen LogP contribution in [-0.2, 0) is 14.8 Å². The molecule has 128 valence electrons. The first-order valence-corrected chi connectivity index (χ1v) is 9.35. The molecular weight excluding hydrogens is 320 g/mol. The summed E-state index contributed by atoms with van der Waals surface area (Å²) in [5, 5.41) is 8.91. The number of hydrogen-bond donors (Lipinski definition) is 2. The summed E-state index contributed by atoms with van der Waals surface area (Å²) in [4.78, 5) is 13.7. The second kappa shape index (κ2) is 7.18. The van der Waals surface area contributed by atoms with Gasteiger partial charge < -0.3 is 14.7 Å². The van der Waals surface area contributed by atoms with Crippen molar-refractivity contribution in [2.45, 2.75) is 31.9 Å².